The number of hydrogen-bond acceptors (Lipinski definition) is 4. The van der Waals surface area contributed by atoms with E-state index in [1.807, 2.05) is 0 Å². The molecule has 0 aliphatic heterocycles. The molecule has 0 amide bonds. The number of allylic oxidation sites excluding steroid dienone is 2. The van der Waals surface area contributed by atoms with Gasteiger partial charge in [0, 0.05) is 11.6 Å². The first-order chi connectivity index (χ1) is 9.89. The normalized spacial score (nSPS) is 25.5. The predicted molar refractivity (Wildman–Crippen MR) is 79.4 cm³/mol. The SMILES string of the molecule is CC1(C(=O)O)C=CC=C(C(=O)O)C1.NNC1CCCCC1. The van der Waals surface area contributed by atoms with E-state index in [0.717, 1.165) is 0 Å². The Labute approximate surface area is 124 Å². The molecule has 0 saturated heterocycles. The van der Waals surface area contributed by atoms with Gasteiger partial charge < -0.3 is 10.2 Å². The topological polar surface area (TPSA) is 113 Å². The lowest BCUT2D eigenvalue weighted by atomic mass is 9.80. The predicted octanol–water partition coefficient (Wildman–Crippen LogP) is 1.83. The minimum atomic E-state index is -1.08. The van der Waals surface area contributed by atoms with Gasteiger partial charge in [0.25, 0.3) is 0 Å². The Morgan fingerprint density at radius 3 is 2.33 bits per heavy atom. The summed E-state index contributed by atoms with van der Waals surface area (Å²) in [5.41, 5.74) is 1.85. The highest BCUT2D eigenvalue weighted by Gasteiger charge is 2.34. The number of carbonyl (C=O) groups is 2. The highest BCUT2D eigenvalue weighted by atomic mass is 16.4. The Balaban J connectivity index is 0.000000235. The van der Waals surface area contributed by atoms with Crippen molar-refractivity contribution in [3.8, 4) is 0 Å². The summed E-state index contributed by atoms with van der Waals surface area (Å²) in [4.78, 5) is 21.3. The molecule has 6 heteroatoms. The van der Waals surface area contributed by atoms with Crippen LogP contribution in [0.1, 0.15) is 45.4 Å². The van der Waals surface area contributed by atoms with Gasteiger partial charge in [-0.15, -0.1) is 0 Å². The quantitative estimate of drug-likeness (QED) is 0.467. The van der Waals surface area contributed by atoms with E-state index in [1.165, 1.54) is 57.3 Å². The van der Waals surface area contributed by atoms with Crippen molar-refractivity contribution >= 4 is 11.9 Å². The third-order valence-corrected chi connectivity index (χ3v) is 3.92. The van der Waals surface area contributed by atoms with E-state index in [1.54, 1.807) is 0 Å². The molecule has 1 atom stereocenters. The van der Waals surface area contributed by atoms with Crippen LogP contribution in [0.5, 0.6) is 0 Å². The number of nitrogens with one attached hydrogen (secondary N) is 1. The molecular weight excluding hydrogens is 272 g/mol. The molecule has 2 rings (SSSR count). The van der Waals surface area contributed by atoms with E-state index in [2.05, 4.69) is 5.43 Å². The number of nitrogens with two attached hydrogens (primary N) is 1. The smallest absolute Gasteiger partial charge is 0.331 e. The van der Waals surface area contributed by atoms with Gasteiger partial charge in [0.05, 0.1) is 5.41 Å². The Kier molecular flexibility index (Phi) is 6.58. The van der Waals surface area contributed by atoms with Crippen molar-refractivity contribution in [2.24, 2.45) is 11.3 Å². The van der Waals surface area contributed by atoms with E-state index < -0.39 is 17.4 Å². The zero-order valence-corrected chi connectivity index (χ0v) is 12.3. The molecule has 5 N–H and O–H groups in total. The van der Waals surface area contributed by atoms with Crippen LogP contribution in [-0.2, 0) is 9.59 Å². The standard InChI is InChI=1S/C9H10O4.C6H14N2/c1-9(8(12)13)4-2-3-6(5-9)7(10)11;7-8-6-4-2-1-3-5-6/h2-4H,5H2,1H3,(H,10,11)(H,12,13);6,8H,1-5,7H2. The molecular formula is C15H24N2O4. The van der Waals surface area contributed by atoms with Crippen molar-refractivity contribution in [3.05, 3.63) is 23.8 Å². The third kappa shape index (κ3) is 5.32. The molecule has 0 aromatic carbocycles. The molecule has 1 unspecified atom stereocenters. The van der Waals surface area contributed by atoms with Crippen LogP contribution in [0.4, 0.5) is 0 Å². The van der Waals surface area contributed by atoms with Gasteiger partial charge in [-0.1, -0.05) is 37.5 Å². The molecule has 0 aromatic rings. The maximum absolute atomic E-state index is 10.8. The maximum atomic E-state index is 10.8. The molecule has 1 saturated carbocycles. The second-order valence-electron chi connectivity index (χ2n) is 5.76. The number of hydrogen-bond donors (Lipinski definition) is 4. The first-order valence-electron chi connectivity index (χ1n) is 7.20. The third-order valence-electron chi connectivity index (χ3n) is 3.92. The minimum absolute atomic E-state index is 0.0359. The van der Waals surface area contributed by atoms with Gasteiger partial charge in [-0.3, -0.25) is 16.1 Å². The van der Waals surface area contributed by atoms with Crippen LogP contribution in [0.3, 0.4) is 0 Å². The lowest BCUT2D eigenvalue weighted by Gasteiger charge is -2.23. The first-order valence-corrected chi connectivity index (χ1v) is 7.20. The zero-order valence-electron chi connectivity index (χ0n) is 12.3. The van der Waals surface area contributed by atoms with Crippen LogP contribution in [0.25, 0.3) is 0 Å². The Morgan fingerprint density at radius 2 is 1.90 bits per heavy atom. The van der Waals surface area contributed by atoms with Crippen LogP contribution in [0, 0.1) is 5.41 Å². The molecule has 1 fully saturated rings. The van der Waals surface area contributed by atoms with Crippen molar-refractivity contribution in [2.45, 2.75) is 51.5 Å². The van der Waals surface area contributed by atoms with Crippen molar-refractivity contribution in [3.63, 3.8) is 0 Å². The lowest BCUT2D eigenvalue weighted by Crippen LogP contribution is -2.36. The maximum Gasteiger partial charge on any atom is 0.331 e. The Hall–Kier alpha value is -1.66. The largest absolute Gasteiger partial charge is 0.481 e. The van der Waals surface area contributed by atoms with Gasteiger partial charge in [0.1, 0.15) is 0 Å². The second-order valence-corrected chi connectivity index (χ2v) is 5.76. The van der Waals surface area contributed by atoms with E-state index in [0.29, 0.717) is 6.04 Å². The van der Waals surface area contributed by atoms with E-state index in [4.69, 9.17) is 16.1 Å². The molecule has 0 spiro atoms. The van der Waals surface area contributed by atoms with Crippen LogP contribution < -0.4 is 11.3 Å². The highest BCUT2D eigenvalue weighted by molar-refractivity contribution is 5.90. The monoisotopic (exact) mass is 296 g/mol. The van der Waals surface area contributed by atoms with E-state index in [-0.39, 0.29) is 12.0 Å². The van der Waals surface area contributed by atoms with Crippen LogP contribution >= 0.6 is 0 Å². The molecule has 2 aliphatic carbocycles. The summed E-state index contributed by atoms with van der Waals surface area (Å²) in [6.07, 6.45) is 11.1. The molecule has 2 aliphatic rings. The van der Waals surface area contributed by atoms with Crippen molar-refractivity contribution in [1.29, 1.82) is 0 Å². The van der Waals surface area contributed by atoms with Gasteiger partial charge in [-0.05, 0) is 26.2 Å². The van der Waals surface area contributed by atoms with Crippen molar-refractivity contribution in [1.82, 2.24) is 5.43 Å². The van der Waals surface area contributed by atoms with Crippen LogP contribution in [-0.4, -0.2) is 28.2 Å². The number of carboxylic acids is 2. The van der Waals surface area contributed by atoms with Gasteiger partial charge in [0.2, 0.25) is 0 Å². The summed E-state index contributed by atoms with van der Waals surface area (Å²) in [5.74, 6) is 3.19. The highest BCUT2D eigenvalue weighted by Crippen LogP contribution is 2.31. The fourth-order valence-electron chi connectivity index (χ4n) is 2.45. The number of aliphatic carboxylic acids is 2. The summed E-state index contributed by atoms with van der Waals surface area (Å²) in [6.45, 7) is 1.50. The first kappa shape index (κ1) is 17.4. The van der Waals surface area contributed by atoms with Gasteiger partial charge in [-0.25, -0.2) is 4.79 Å². The summed E-state index contributed by atoms with van der Waals surface area (Å²) >= 11 is 0. The van der Waals surface area contributed by atoms with E-state index in [9.17, 15) is 9.59 Å². The molecule has 0 bridgehead atoms. The second kappa shape index (κ2) is 7.95. The minimum Gasteiger partial charge on any atom is -0.481 e. The summed E-state index contributed by atoms with van der Waals surface area (Å²) in [6, 6.07) is 0.615. The lowest BCUT2D eigenvalue weighted by molar-refractivity contribution is -0.145. The van der Waals surface area contributed by atoms with Crippen LogP contribution in [0.15, 0.2) is 23.8 Å². The number of carboxylic acid groups (broad SMARTS) is 2. The summed E-state index contributed by atoms with van der Waals surface area (Å²) in [7, 11) is 0. The molecule has 6 nitrogen and oxygen atoms in total. The molecule has 0 aromatic heterocycles. The number of rotatable bonds is 3. The summed E-state index contributed by atoms with van der Waals surface area (Å²) < 4.78 is 0. The fourth-order valence-corrected chi connectivity index (χ4v) is 2.45. The molecule has 0 radical (unpaired) electrons. The van der Waals surface area contributed by atoms with Gasteiger partial charge >= 0.3 is 11.9 Å². The summed E-state index contributed by atoms with van der Waals surface area (Å²) in [5, 5.41) is 17.5. The van der Waals surface area contributed by atoms with E-state index >= 15 is 0 Å². The van der Waals surface area contributed by atoms with Crippen molar-refractivity contribution in [2.75, 3.05) is 0 Å². The fraction of sp³-hybridized carbons (Fsp3) is 0.600. The van der Waals surface area contributed by atoms with Gasteiger partial charge in [0.15, 0.2) is 0 Å². The molecule has 118 valence electrons. The molecule has 0 heterocycles. The average molecular weight is 296 g/mol. The zero-order chi connectivity index (χ0) is 15.9. The van der Waals surface area contributed by atoms with Crippen LogP contribution in [0.2, 0.25) is 0 Å². The molecule has 21 heavy (non-hydrogen) atoms. The average Bonchev–Trinajstić information content (AvgIpc) is 2.48. The Morgan fingerprint density at radius 1 is 1.29 bits per heavy atom. The van der Waals surface area contributed by atoms with Gasteiger partial charge in [-0.2, -0.15) is 0 Å². The Bertz CT molecular complexity index is 439. The number of hydrazine groups is 1. The van der Waals surface area contributed by atoms with Crippen molar-refractivity contribution < 1.29 is 19.8 Å².